The number of aliphatic hydroxyl groups excluding tert-OH is 2. The molecule has 0 aromatic heterocycles. The fourth-order valence-electron chi connectivity index (χ4n) is 4.00. The Morgan fingerprint density at radius 1 is 0.800 bits per heavy atom. The lowest BCUT2D eigenvalue weighted by atomic mass is 9.99. The van der Waals surface area contributed by atoms with Crippen LogP contribution in [0.3, 0.4) is 0 Å². The summed E-state index contributed by atoms with van der Waals surface area (Å²) in [5, 5.41) is 23.5. The summed E-state index contributed by atoms with van der Waals surface area (Å²) in [6.45, 7) is 3.29. The van der Waals surface area contributed by atoms with E-state index in [4.69, 9.17) is 0 Å². The Kier molecular flexibility index (Phi) is 14.7. The molecule has 1 saturated heterocycles. The molecule has 3 N–H and O–H groups in total. The molecular weight excluding hydrogens is 310 g/mol. The molecule has 150 valence electrons. The maximum Gasteiger partial charge on any atom is 0.0717 e. The first-order valence-electron chi connectivity index (χ1n) is 11.3. The Morgan fingerprint density at radius 2 is 1.32 bits per heavy atom. The second-order valence-electron chi connectivity index (χ2n) is 8.19. The van der Waals surface area contributed by atoms with Gasteiger partial charge in [-0.3, -0.25) is 0 Å². The van der Waals surface area contributed by atoms with Crippen molar-refractivity contribution >= 4 is 0 Å². The summed E-state index contributed by atoms with van der Waals surface area (Å²) in [5.41, 5.74) is 0. The zero-order valence-corrected chi connectivity index (χ0v) is 16.9. The van der Waals surface area contributed by atoms with Crippen LogP contribution in [0.2, 0.25) is 0 Å². The lowest BCUT2D eigenvalue weighted by Gasteiger charge is -2.21. The third-order valence-electron chi connectivity index (χ3n) is 5.72. The van der Waals surface area contributed by atoms with Gasteiger partial charge >= 0.3 is 0 Å². The predicted molar refractivity (Wildman–Crippen MR) is 108 cm³/mol. The highest BCUT2D eigenvalue weighted by atomic mass is 16.3. The Bertz CT molecular complexity index is 279. The van der Waals surface area contributed by atoms with E-state index in [1.165, 1.54) is 77.0 Å². The van der Waals surface area contributed by atoms with Crippen molar-refractivity contribution in [1.82, 2.24) is 5.32 Å². The second-order valence-corrected chi connectivity index (χ2v) is 8.19. The molecule has 0 aromatic rings. The Hall–Kier alpha value is -0.120. The van der Waals surface area contributed by atoms with Gasteiger partial charge in [0.25, 0.3) is 0 Å². The van der Waals surface area contributed by atoms with Crippen LogP contribution in [0.15, 0.2) is 0 Å². The normalized spacial score (nSPS) is 20.0. The fraction of sp³-hybridized carbons (Fsp3) is 1.00. The lowest BCUT2D eigenvalue weighted by molar-refractivity contribution is 0.0557. The molecule has 0 amide bonds. The van der Waals surface area contributed by atoms with Gasteiger partial charge in [-0.1, -0.05) is 90.4 Å². The Labute approximate surface area is 157 Å². The van der Waals surface area contributed by atoms with Crippen LogP contribution < -0.4 is 5.32 Å². The maximum atomic E-state index is 10.1. The van der Waals surface area contributed by atoms with Crippen LogP contribution in [0.25, 0.3) is 0 Å². The van der Waals surface area contributed by atoms with E-state index in [1.807, 2.05) is 0 Å². The third kappa shape index (κ3) is 12.8. The van der Waals surface area contributed by atoms with Crippen molar-refractivity contribution in [3.05, 3.63) is 0 Å². The quantitative estimate of drug-likeness (QED) is 0.309. The summed E-state index contributed by atoms with van der Waals surface area (Å²) >= 11 is 0. The molecule has 1 fully saturated rings. The number of hydrogen-bond acceptors (Lipinski definition) is 3. The average molecular weight is 356 g/mol. The Morgan fingerprint density at radius 3 is 1.80 bits per heavy atom. The first-order chi connectivity index (χ1) is 12.2. The molecule has 1 heterocycles. The molecule has 0 radical (unpaired) electrons. The van der Waals surface area contributed by atoms with Gasteiger partial charge in [-0.2, -0.15) is 0 Å². The van der Waals surface area contributed by atoms with Crippen LogP contribution in [-0.4, -0.2) is 35.0 Å². The summed E-state index contributed by atoms with van der Waals surface area (Å²) in [4.78, 5) is 0. The standard InChI is InChI=1S/C22H45NO2/c1-2-3-4-5-6-7-8-9-10-11-12-13-14-16-20(24)19-22(25)21-17-15-18-23-21/h20-25H,2-19H2,1H3. The zero-order chi connectivity index (χ0) is 18.2. The molecule has 1 aliphatic rings. The van der Waals surface area contributed by atoms with Gasteiger partial charge in [-0.25, -0.2) is 0 Å². The molecule has 0 aromatic carbocycles. The van der Waals surface area contributed by atoms with Crippen molar-refractivity contribution in [2.75, 3.05) is 6.54 Å². The number of nitrogens with one attached hydrogen (secondary N) is 1. The molecule has 0 aliphatic carbocycles. The molecule has 1 aliphatic heterocycles. The molecule has 25 heavy (non-hydrogen) atoms. The van der Waals surface area contributed by atoms with Gasteiger partial charge in [0.05, 0.1) is 12.2 Å². The van der Waals surface area contributed by atoms with Gasteiger partial charge in [0.1, 0.15) is 0 Å². The second kappa shape index (κ2) is 16.1. The SMILES string of the molecule is CCCCCCCCCCCCCCCC(O)CC(O)C1CCCN1. The van der Waals surface area contributed by atoms with Crippen LogP contribution in [0, 0.1) is 0 Å². The number of rotatable bonds is 17. The monoisotopic (exact) mass is 355 g/mol. The summed E-state index contributed by atoms with van der Waals surface area (Å²) < 4.78 is 0. The number of aliphatic hydroxyl groups is 2. The van der Waals surface area contributed by atoms with E-state index in [2.05, 4.69) is 12.2 Å². The third-order valence-corrected chi connectivity index (χ3v) is 5.72. The van der Waals surface area contributed by atoms with Gasteiger partial charge in [-0.05, 0) is 25.8 Å². The fourth-order valence-corrected chi connectivity index (χ4v) is 4.00. The van der Waals surface area contributed by atoms with Crippen LogP contribution in [0.4, 0.5) is 0 Å². The van der Waals surface area contributed by atoms with E-state index in [9.17, 15) is 10.2 Å². The van der Waals surface area contributed by atoms with Crippen molar-refractivity contribution in [2.45, 2.75) is 134 Å². The minimum Gasteiger partial charge on any atom is -0.393 e. The highest BCUT2D eigenvalue weighted by Crippen LogP contribution is 2.17. The molecule has 3 heteroatoms. The molecule has 3 unspecified atom stereocenters. The number of hydrogen-bond donors (Lipinski definition) is 3. The zero-order valence-electron chi connectivity index (χ0n) is 16.9. The minimum absolute atomic E-state index is 0.210. The first kappa shape index (κ1) is 22.9. The van der Waals surface area contributed by atoms with Crippen molar-refractivity contribution in [2.24, 2.45) is 0 Å². The maximum absolute atomic E-state index is 10.1. The van der Waals surface area contributed by atoms with Gasteiger partial charge in [-0.15, -0.1) is 0 Å². The van der Waals surface area contributed by atoms with Crippen molar-refractivity contribution in [1.29, 1.82) is 0 Å². The molecule has 3 atom stereocenters. The van der Waals surface area contributed by atoms with E-state index >= 15 is 0 Å². The topological polar surface area (TPSA) is 52.5 Å². The largest absolute Gasteiger partial charge is 0.393 e. The molecule has 3 nitrogen and oxygen atoms in total. The summed E-state index contributed by atoms with van der Waals surface area (Å²) in [6.07, 6.45) is 20.5. The molecule has 0 spiro atoms. The molecule has 1 rings (SSSR count). The molecule has 0 bridgehead atoms. The van der Waals surface area contributed by atoms with Gasteiger partial charge in [0.2, 0.25) is 0 Å². The minimum atomic E-state index is -0.375. The smallest absolute Gasteiger partial charge is 0.0717 e. The van der Waals surface area contributed by atoms with Gasteiger partial charge < -0.3 is 15.5 Å². The van der Waals surface area contributed by atoms with Crippen LogP contribution >= 0.6 is 0 Å². The highest BCUT2D eigenvalue weighted by molar-refractivity contribution is 4.82. The summed E-state index contributed by atoms with van der Waals surface area (Å²) in [5.74, 6) is 0. The van der Waals surface area contributed by atoms with Crippen LogP contribution in [0.1, 0.15) is 116 Å². The first-order valence-corrected chi connectivity index (χ1v) is 11.3. The van der Waals surface area contributed by atoms with Crippen LogP contribution in [0.5, 0.6) is 0 Å². The van der Waals surface area contributed by atoms with Crippen molar-refractivity contribution in [3.63, 3.8) is 0 Å². The number of unbranched alkanes of at least 4 members (excludes halogenated alkanes) is 12. The van der Waals surface area contributed by atoms with Crippen molar-refractivity contribution in [3.8, 4) is 0 Å². The van der Waals surface area contributed by atoms with Crippen molar-refractivity contribution < 1.29 is 10.2 Å². The van der Waals surface area contributed by atoms with Gasteiger partial charge in [0, 0.05) is 12.5 Å². The van der Waals surface area contributed by atoms with E-state index in [0.717, 1.165) is 32.2 Å². The van der Waals surface area contributed by atoms with Gasteiger partial charge in [0.15, 0.2) is 0 Å². The van der Waals surface area contributed by atoms with Crippen LogP contribution in [-0.2, 0) is 0 Å². The predicted octanol–water partition coefficient (Wildman–Crippen LogP) is 5.33. The molecule has 0 saturated carbocycles. The molecular formula is C22H45NO2. The van der Waals surface area contributed by atoms with E-state index in [-0.39, 0.29) is 18.2 Å². The summed E-state index contributed by atoms with van der Waals surface area (Å²) in [7, 11) is 0. The van der Waals surface area contributed by atoms with E-state index < -0.39 is 0 Å². The summed E-state index contributed by atoms with van der Waals surface area (Å²) in [6, 6.07) is 0.210. The van der Waals surface area contributed by atoms with E-state index in [1.54, 1.807) is 0 Å². The highest BCUT2D eigenvalue weighted by Gasteiger charge is 2.24. The Balaban J connectivity index is 1.79. The average Bonchev–Trinajstić information content (AvgIpc) is 3.13. The lowest BCUT2D eigenvalue weighted by Crippen LogP contribution is -2.37. The van der Waals surface area contributed by atoms with E-state index in [0.29, 0.717) is 6.42 Å².